The fraction of sp³-hybridized carbons (Fsp3) is 0.143. The Hall–Kier alpha value is -2.85. The molecule has 0 unspecified atom stereocenters. The molecule has 0 aliphatic heterocycles. The Bertz CT molecular complexity index is 850. The zero-order valence-electron chi connectivity index (χ0n) is 14.2. The molecule has 0 saturated carbocycles. The first kappa shape index (κ1) is 21.2. The average molecular weight is 370 g/mol. The molecule has 136 valence electrons. The molecule has 5 heteroatoms. The van der Waals surface area contributed by atoms with E-state index in [1.165, 1.54) is 6.08 Å². The van der Waals surface area contributed by atoms with Crippen LogP contribution in [0.25, 0.3) is 17.3 Å². The highest BCUT2D eigenvalue weighted by atomic mass is 35.5. The number of aromatic nitrogens is 2. The maximum Gasteiger partial charge on any atom is 0.185 e. The van der Waals surface area contributed by atoms with Crippen molar-refractivity contribution in [2.24, 2.45) is 0 Å². The molecule has 1 aromatic heterocycles. The number of rotatable bonds is 4. The average Bonchev–Trinajstić information content (AvgIpc) is 3.11. The number of ketones is 1. The molecule has 4 nitrogen and oxygen atoms in total. The first-order valence-corrected chi connectivity index (χ1v) is 8.39. The second-order valence-electron chi connectivity index (χ2n) is 5.04. The van der Waals surface area contributed by atoms with E-state index in [0.29, 0.717) is 16.3 Å². The number of nitrogens with two attached hydrogens (primary N) is 1. The number of aromatic amines is 1. The molecule has 26 heavy (non-hydrogen) atoms. The van der Waals surface area contributed by atoms with E-state index < -0.39 is 0 Å². The van der Waals surface area contributed by atoms with Crippen molar-refractivity contribution in [3.63, 3.8) is 0 Å². The lowest BCUT2D eigenvalue weighted by Crippen LogP contribution is -1.94. The van der Waals surface area contributed by atoms with Crippen LogP contribution in [0.2, 0.25) is 5.02 Å². The van der Waals surface area contributed by atoms with Gasteiger partial charge in [-0.05, 0) is 54.6 Å². The van der Waals surface area contributed by atoms with Crippen LogP contribution in [-0.4, -0.2) is 16.0 Å². The van der Waals surface area contributed by atoms with Gasteiger partial charge in [-0.2, -0.15) is 5.10 Å². The number of nitrogens with one attached hydrogen (secondary N) is 1. The summed E-state index contributed by atoms with van der Waals surface area (Å²) in [4.78, 5) is 12.1. The van der Waals surface area contributed by atoms with E-state index >= 15 is 0 Å². The number of nitrogen functional groups attached to an aromatic ring is 1. The Morgan fingerprint density at radius 3 is 2.31 bits per heavy atom. The summed E-state index contributed by atoms with van der Waals surface area (Å²) in [6.07, 6.45) is 3.20. The molecule has 1 heterocycles. The van der Waals surface area contributed by atoms with Crippen LogP contribution in [0, 0.1) is 0 Å². The first-order chi connectivity index (χ1) is 12.1. The van der Waals surface area contributed by atoms with Gasteiger partial charge in [0, 0.05) is 21.8 Å². The first-order valence-electron chi connectivity index (χ1n) is 8.01. The van der Waals surface area contributed by atoms with Gasteiger partial charge in [0.2, 0.25) is 0 Å². The minimum absolute atomic E-state index is 0. The summed E-state index contributed by atoms with van der Waals surface area (Å²) in [6.45, 7) is 4.00. The minimum atomic E-state index is -0.0901. The number of hydrogen-bond acceptors (Lipinski definition) is 3. The fourth-order valence-electron chi connectivity index (χ4n) is 2.10. The van der Waals surface area contributed by atoms with Crippen LogP contribution in [0.4, 0.5) is 5.69 Å². The van der Waals surface area contributed by atoms with Crippen LogP contribution in [-0.2, 0) is 0 Å². The van der Waals surface area contributed by atoms with Gasteiger partial charge in [0.05, 0.1) is 11.4 Å². The smallest absolute Gasteiger partial charge is 0.185 e. The third-order valence-corrected chi connectivity index (χ3v) is 3.60. The van der Waals surface area contributed by atoms with Crippen LogP contribution >= 0.6 is 11.6 Å². The minimum Gasteiger partial charge on any atom is -0.399 e. The Labute approximate surface area is 159 Å². The molecule has 3 N–H and O–H groups in total. The second kappa shape index (κ2) is 10.2. The van der Waals surface area contributed by atoms with Crippen molar-refractivity contribution >= 4 is 29.1 Å². The lowest BCUT2D eigenvalue weighted by molar-refractivity contribution is 0.104. The van der Waals surface area contributed by atoms with Gasteiger partial charge in [-0.3, -0.25) is 9.89 Å². The van der Waals surface area contributed by atoms with E-state index in [1.54, 1.807) is 30.3 Å². The quantitative estimate of drug-likeness (QED) is 0.343. The highest BCUT2D eigenvalue weighted by molar-refractivity contribution is 6.30. The zero-order valence-corrected chi connectivity index (χ0v) is 14.9. The molecular weight excluding hydrogens is 346 g/mol. The third-order valence-electron chi connectivity index (χ3n) is 3.35. The SMILES string of the molecule is C.CC.Nc1ccc(C(=O)/C=C/c2cc(-c3ccc(Cl)cc3)n[nH]2)cc1. The summed E-state index contributed by atoms with van der Waals surface area (Å²) in [6, 6.07) is 16.1. The number of H-pyrrole nitrogens is 1. The van der Waals surface area contributed by atoms with Gasteiger partial charge < -0.3 is 5.73 Å². The van der Waals surface area contributed by atoms with Crippen molar-refractivity contribution in [3.05, 3.63) is 77.0 Å². The van der Waals surface area contributed by atoms with Crippen molar-refractivity contribution in [3.8, 4) is 11.3 Å². The number of carbonyl (C=O) groups is 1. The summed E-state index contributed by atoms with van der Waals surface area (Å²) in [7, 11) is 0. The molecule has 3 rings (SSSR count). The van der Waals surface area contributed by atoms with E-state index in [1.807, 2.05) is 44.2 Å². The van der Waals surface area contributed by atoms with Crippen molar-refractivity contribution < 1.29 is 4.79 Å². The molecule has 0 atom stereocenters. The number of halogens is 1. The number of carbonyl (C=O) groups excluding carboxylic acids is 1. The predicted molar refractivity (Wildman–Crippen MR) is 111 cm³/mol. The molecule has 0 aliphatic carbocycles. The Balaban J connectivity index is 0.00000109. The zero-order chi connectivity index (χ0) is 18.2. The van der Waals surface area contributed by atoms with Gasteiger partial charge in [0.25, 0.3) is 0 Å². The monoisotopic (exact) mass is 369 g/mol. The summed E-state index contributed by atoms with van der Waals surface area (Å²) in [5, 5.41) is 7.80. The van der Waals surface area contributed by atoms with Crippen molar-refractivity contribution in [1.82, 2.24) is 10.2 Å². The van der Waals surface area contributed by atoms with E-state index in [0.717, 1.165) is 17.0 Å². The fourth-order valence-corrected chi connectivity index (χ4v) is 2.23. The standard InChI is InChI=1S/C18H14ClN3O.C2H6.CH4/c19-14-5-1-12(2-6-14)17-11-16(21-22-17)9-10-18(23)13-3-7-15(20)8-4-13;1-2;/h1-11H,20H2,(H,21,22);1-2H3;1H4/b10-9+;;. The Morgan fingerprint density at radius 1 is 1.08 bits per heavy atom. The van der Waals surface area contributed by atoms with Gasteiger partial charge in [-0.25, -0.2) is 0 Å². The second-order valence-corrected chi connectivity index (χ2v) is 5.47. The van der Waals surface area contributed by atoms with Gasteiger partial charge >= 0.3 is 0 Å². The third kappa shape index (κ3) is 5.60. The molecule has 0 saturated heterocycles. The highest BCUT2D eigenvalue weighted by Gasteiger charge is 2.04. The topological polar surface area (TPSA) is 71.8 Å². The molecule has 0 spiro atoms. The van der Waals surface area contributed by atoms with Crippen LogP contribution in [0.1, 0.15) is 37.3 Å². The van der Waals surface area contributed by atoms with Crippen LogP contribution in [0.5, 0.6) is 0 Å². The summed E-state index contributed by atoms with van der Waals surface area (Å²) in [5.41, 5.74) is 9.33. The maximum atomic E-state index is 12.1. The predicted octanol–water partition coefficient (Wildman–Crippen LogP) is 5.87. The van der Waals surface area contributed by atoms with Gasteiger partial charge in [0.1, 0.15) is 0 Å². The van der Waals surface area contributed by atoms with Crippen molar-refractivity contribution in [2.45, 2.75) is 21.3 Å². The lowest BCUT2D eigenvalue weighted by atomic mass is 10.1. The summed E-state index contributed by atoms with van der Waals surface area (Å²) in [5.74, 6) is -0.0901. The van der Waals surface area contributed by atoms with E-state index in [-0.39, 0.29) is 13.2 Å². The largest absolute Gasteiger partial charge is 0.399 e. The molecule has 0 bridgehead atoms. The molecule has 3 aromatic rings. The van der Waals surface area contributed by atoms with Crippen LogP contribution in [0.3, 0.4) is 0 Å². The normalized spacial score (nSPS) is 9.96. The number of hydrogen-bond donors (Lipinski definition) is 2. The highest BCUT2D eigenvalue weighted by Crippen LogP contribution is 2.20. The molecule has 2 aromatic carbocycles. The van der Waals surface area contributed by atoms with Gasteiger partial charge in [-0.15, -0.1) is 0 Å². The maximum absolute atomic E-state index is 12.1. The molecule has 0 amide bonds. The molecule has 0 aliphatic rings. The molecule has 0 fully saturated rings. The van der Waals surface area contributed by atoms with E-state index in [9.17, 15) is 4.79 Å². The van der Waals surface area contributed by atoms with E-state index in [2.05, 4.69) is 10.2 Å². The molecule has 0 radical (unpaired) electrons. The number of allylic oxidation sites excluding steroid dienone is 1. The number of benzene rings is 2. The van der Waals surface area contributed by atoms with Crippen molar-refractivity contribution in [2.75, 3.05) is 5.73 Å². The summed E-state index contributed by atoms with van der Waals surface area (Å²) >= 11 is 5.87. The van der Waals surface area contributed by atoms with Crippen LogP contribution < -0.4 is 5.73 Å². The lowest BCUT2D eigenvalue weighted by Gasteiger charge is -1.96. The Kier molecular flexibility index (Phi) is 8.32. The molecular formula is C21H24ClN3O. The number of anilines is 1. The summed E-state index contributed by atoms with van der Waals surface area (Å²) < 4.78 is 0. The van der Waals surface area contributed by atoms with Gasteiger partial charge in [-0.1, -0.05) is 45.0 Å². The Morgan fingerprint density at radius 2 is 1.69 bits per heavy atom. The van der Waals surface area contributed by atoms with Gasteiger partial charge in [0.15, 0.2) is 5.78 Å². The van der Waals surface area contributed by atoms with Crippen LogP contribution in [0.15, 0.2) is 60.7 Å². The van der Waals surface area contributed by atoms with E-state index in [4.69, 9.17) is 17.3 Å². The van der Waals surface area contributed by atoms with Crippen molar-refractivity contribution in [1.29, 1.82) is 0 Å². The number of nitrogens with zero attached hydrogens (tertiary/aromatic N) is 1.